The van der Waals surface area contributed by atoms with Crippen LogP contribution in [0.2, 0.25) is 0 Å². The van der Waals surface area contributed by atoms with Crippen LogP contribution in [-0.2, 0) is 68.7 Å². The molecular formula is C55H125N9O20P4. The van der Waals surface area contributed by atoms with E-state index in [1.54, 1.807) is 0 Å². The number of aliphatic hydroxyl groups excluding tert-OH is 1. The van der Waals surface area contributed by atoms with Crippen LogP contribution in [0.25, 0.3) is 0 Å². The predicted molar refractivity (Wildman–Crippen MR) is 342 cm³/mol. The van der Waals surface area contributed by atoms with E-state index in [0.717, 1.165) is 25.7 Å². The van der Waals surface area contributed by atoms with Crippen LogP contribution >= 0.6 is 31.3 Å². The van der Waals surface area contributed by atoms with Crippen molar-refractivity contribution in [2.45, 2.75) is 199 Å². The summed E-state index contributed by atoms with van der Waals surface area (Å²) < 4.78 is 117. The molecule has 0 aromatic rings. The number of aliphatic hydroxyl groups is 1. The SMILES string of the molecule is CCCCCCCOP(=O)(O)OCC(COCC(CCCN)(CCCN)CCCN)OP(=O)(O)OCC(COCC(CCCN)(CCCN)CCCN)OP(=O)(O)OCC(COCC(CCCN)(CCCN)CCCN)OP(=O)(O)OCCCCCCO. The average Bonchev–Trinajstić information content (AvgIpc) is 3.51. The Hall–Kier alpha value is -0.0800. The van der Waals surface area contributed by atoms with Gasteiger partial charge in [-0.1, -0.05) is 45.4 Å². The van der Waals surface area contributed by atoms with E-state index in [4.69, 9.17) is 107 Å². The summed E-state index contributed by atoms with van der Waals surface area (Å²) >= 11 is 0. The summed E-state index contributed by atoms with van der Waals surface area (Å²) in [5, 5.41) is 9.15. The molecule has 7 unspecified atom stereocenters. The molecule has 0 fully saturated rings. The third kappa shape index (κ3) is 45.3. The second-order valence-corrected chi connectivity index (χ2v) is 28.9. The molecule has 0 radical (unpaired) electrons. The minimum Gasteiger partial charge on any atom is -0.396 e. The number of phosphoric ester groups is 4. The van der Waals surface area contributed by atoms with Crippen LogP contribution in [0.3, 0.4) is 0 Å². The first-order chi connectivity index (χ1) is 42.0. The monoisotopic (exact) mass is 1360 g/mol. The number of rotatable bonds is 68. The first kappa shape index (κ1) is 87.9. The van der Waals surface area contributed by atoms with Gasteiger partial charge < -0.3 is 90.5 Å². The van der Waals surface area contributed by atoms with Crippen molar-refractivity contribution in [3.8, 4) is 0 Å². The summed E-state index contributed by atoms with van der Waals surface area (Å²) in [4.78, 5) is 44.5. The van der Waals surface area contributed by atoms with Gasteiger partial charge in [-0.2, -0.15) is 0 Å². The number of phosphoric acid groups is 4. The lowest BCUT2D eigenvalue weighted by atomic mass is 9.76. The van der Waals surface area contributed by atoms with Gasteiger partial charge in [0.15, 0.2) is 0 Å². The summed E-state index contributed by atoms with van der Waals surface area (Å²) in [7, 11) is -20.2. The quantitative estimate of drug-likeness (QED) is 0.0252. The molecule has 0 rings (SSSR count). The normalized spacial score (nSPS) is 16.5. The van der Waals surface area contributed by atoms with E-state index < -0.39 is 105 Å². The number of unbranched alkanes of at least 4 members (excludes halogenated alkanes) is 7. The van der Waals surface area contributed by atoms with E-state index in [1.807, 2.05) is 0 Å². The van der Waals surface area contributed by atoms with Gasteiger partial charge >= 0.3 is 31.3 Å². The van der Waals surface area contributed by atoms with E-state index >= 15 is 0 Å². The van der Waals surface area contributed by atoms with Crippen LogP contribution in [-0.4, -0.2) is 181 Å². The maximum atomic E-state index is 14.1. The summed E-state index contributed by atoms with van der Waals surface area (Å²) in [6, 6.07) is 0. The largest absolute Gasteiger partial charge is 0.472 e. The molecule has 29 nitrogen and oxygen atoms in total. The molecule has 33 heteroatoms. The van der Waals surface area contributed by atoms with Gasteiger partial charge in [-0.05, 0) is 210 Å². The molecule has 88 heavy (non-hydrogen) atoms. The zero-order valence-corrected chi connectivity index (χ0v) is 57.1. The molecule has 0 saturated heterocycles. The smallest absolute Gasteiger partial charge is 0.396 e. The van der Waals surface area contributed by atoms with Crippen molar-refractivity contribution in [3.63, 3.8) is 0 Å². The summed E-state index contributed by atoms with van der Waals surface area (Å²) in [6.07, 6.45) is 13.3. The van der Waals surface area contributed by atoms with Gasteiger partial charge in [0.05, 0.1) is 72.7 Å². The van der Waals surface area contributed by atoms with Crippen molar-refractivity contribution in [2.75, 3.05) is 138 Å². The molecule has 0 heterocycles. The molecule has 0 amide bonds. The second-order valence-electron chi connectivity index (χ2n) is 23.2. The molecule has 7 atom stereocenters. The second kappa shape index (κ2) is 53.1. The number of hydrogen-bond acceptors (Lipinski definition) is 25. The fraction of sp³-hybridized carbons (Fsp3) is 1.00. The van der Waals surface area contributed by atoms with Crippen molar-refractivity contribution in [2.24, 2.45) is 67.8 Å². The van der Waals surface area contributed by atoms with E-state index in [0.29, 0.717) is 207 Å². The molecular weight excluding hydrogens is 1230 g/mol. The van der Waals surface area contributed by atoms with Crippen LogP contribution in [0.15, 0.2) is 0 Å². The minimum atomic E-state index is -5.33. The molecule has 0 aromatic carbocycles. The molecule has 0 aliphatic rings. The Morgan fingerprint density at radius 1 is 0.318 bits per heavy atom. The van der Waals surface area contributed by atoms with Gasteiger partial charge in [-0.3, -0.25) is 36.2 Å². The summed E-state index contributed by atoms with van der Waals surface area (Å²) in [6.45, 7) is 1.72. The lowest BCUT2D eigenvalue weighted by Gasteiger charge is -2.35. The Morgan fingerprint density at radius 3 is 0.818 bits per heavy atom. The zero-order valence-electron chi connectivity index (χ0n) is 53.5. The van der Waals surface area contributed by atoms with Crippen molar-refractivity contribution >= 4 is 31.3 Å². The molecule has 0 aromatic heterocycles. The highest BCUT2D eigenvalue weighted by Gasteiger charge is 2.38. The van der Waals surface area contributed by atoms with Crippen LogP contribution in [0, 0.1) is 16.2 Å². The Labute approximate surface area is 527 Å². The fourth-order valence-corrected chi connectivity index (χ4v) is 14.0. The number of ether oxygens (including phenoxy) is 3. The highest BCUT2D eigenvalue weighted by Crippen LogP contribution is 2.51. The lowest BCUT2D eigenvalue weighted by Crippen LogP contribution is -2.34. The molecule has 530 valence electrons. The van der Waals surface area contributed by atoms with Gasteiger partial charge in [0.1, 0.15) is 18.3 Å². The molecule has 0 aliphatic carbocycles. The van der Waals surface area contributed by atoms with Crippen LogP contribution < -0.4 is 51.6 Å². The highest BCUT2D eigenvalue weighted by molar-refractivity contribution is 7.48. The van der Waals surface area contributed by atoms with Crippen molar-refractivity contribution in [3.05, 3.63) is 0 Å². The Morgan fingerprint density at radius 2 is 0.557 bits per heavy atom. The Bertz CT molecular complexity index is 1790. The highest BCUT2D eigenvalue weighted by atomic mass is 31.2. The molecule has 0 aliphatic heterocycles. The number of hydrogen-bond donors (Lipinski definition) is 14. The zero-order chi connectivity index (χ0) is 66.0. The Kier molecular flexibility index (Phi) is 53.1. The van der Waals surface area contributed by atoms with E-state index in [2.05, 4.69) is 6.92 Å². The van der Waals surface area contributed by atoms with Gasteiger partial charge in [0.2, 0.25) is 0 Å². The molecule has 0 saturated carbocycles. The maximum Gasteiger partial charge on any atom is 0.472 e. The van der Waals surface area contributed by atoms with Crippen molar-refractivity contribution < 1.29 is 93.3 Å². The van der Waals surface area contributed by atoms with Crippen LogP contribution in [0.1, 0.15) is 180 Å². The first-order valence-electron chi connectivity index (χ1n) is 32.3. The van der Waals surface area contributed by atoms with Gasteiger partial charge in [-0.15, -0.1) is 0 Å². The van der Waals surface area contributed by atoms with Crippen molar-refractivity contribution in [1.82, 2.24) is 0 Å². The molecule has 0 spiro atoms. The lowest BCUT2D eigenvalue weighted by molar-refractivity contribution is -0.0540. The third-order valence-corrected chi connectivity index (χ3v) is 19.4. The van der Waals surface area contributed by atoms with Gasteiger partial charge in [0.25, 0.3) is 0 Å². The van der Waals surface area contributed by atoms with Crippen LogP contribution in [0.5, 0.6) is 0 Å². The number of nitrogens with two attached hydrogens (primary N) is 9. The van der Waals surface area contributed by atoms with Crippen molar-refractivity contribution in [1.29, 1.82) is 0 Å². The summed E-state index contributed by atoms with van der Waals surface area (Å²) in [5.74, 6) is 0. The molecule has 23 N–H and O–H groups in total. The Balaban J connectivity index is 7.23. The molecule has 0 bridgehead atoms. The minimum absolute atomic E-state index is 0.00292. The maximum absolute atomic E-state index is 14.1. The standard InChI is InChI=1S/C55H125N9O20P4/c1-2-3-4-6-9-39-77-85(66,67)79-44-50(41-74-47-53(20-11-29-56,21-12-30-57)22-13-31-58)83-87(70,71)81-46-52(43-76-49-55(26-17-35-62,27-18-36-63)28-19-37-64)84-88(72,73)80-45-51(82-86(68,69)78-40-10-7-5-8-38-65)42-75-48-54(23-14-32-59,24-15-33-60)25-16-34-61/h50-52,65H,2-49,56-64H2,1H3,(H,66,67)(H,68,69)(H,70,71)(H,72,73). The van der Waals surface area contributed by atoms with E-state index in [9.17, 15) is 37.8 Å². The third-order valence-electron chi connectivity index (χ3n) is 15.3. The predicted octanol–water partition coefficient (Wildman–Crippen LogP) is 5.81. The summed E-state index contributed by atoms with van der Waals surface area (Å²) in [5.41, 5.74) is 52.1. The van der Waals surface area contributed by atoms with Crippen LogP contribution in [0.4, 0.5) is 0 Å². The fourth-order valence-electron chi connectivity index (χ4n) is 10.5. The van der Waals surface area contributed by atoms with E-state index in [-0.39, 0.29) is 39.6 Å². The van der Waals surface area contributed by atoms with Gasteiger partial charge in [0, 0.05) is 6.61 Å². The van der Waals surface area contributed by atoms with Gasteiger partial charge in [-0.25, -0.2) is 18.3 Å². The average molecular weight is 1360 g/mol. The van der Waals surface area contributed by atoms with E-state index in [1.165, 1.54) is 0 Å². The topological polar surface area (TPSA) is 505 Å². The first-order valence-corrected chi connectivity index (χ1v) is 38.2.